The van der Waals surface area contributed by atoms with Gasteiger partial charge in [-0.2, -0.15) is 0 Å². The van der Waals surface area contributed by atoms with Crippen molar-refractivity contribution in [1.29, 1.82) is 0 Å². The third kappa shape index (κ3) is 5.50. The van der Waals surface area contributed by atoms with Crippen molar-refractivity contribution >= 4 is 11.6 Å². The summed E-state index contributed by atoms with van der Waals surface area (Å²) in [5.41, 5.74) is -0.111. The van der Waals surface area contributed by atoms with E-state index in [1.807, 2.05) is 11.8 Å². The van der Waals surface area contributed by atoms with Crippen molar-refractivity contribution < 1.29 is 23.4 Å². The van der Waals surface area contributed by atoms with Crippen LogP contribution in [0.5, 0.6) is 5.75 Å². The summed E-state index contributed by atoms with van der Waals surface area (Å²) in [4.78, 5) is 14.1. The van der Waals surface area contributed by atoms with Crippen LogP contribution in [0.2, 0.25) is 0 Å². The lowest BCUT2D eigenvalue weighted by molar-refractivity contribution is -0.119. The monoisotopic (exact) mass is 390 g/mol. The molecule has 1 amide bonds. The number of aliphatic hydroxyl groups is 1. The molecule has 1 aliphatic rings. The van der Waals surface area contributed by atoms with Gasteiger partial charge in [0.25, 0.3) is 0 Å². The fourth-order valence-corrected chi connectivity index (χ4v) is 3.34. The van der Waals surface area contributed by atoms with Crippen molar-refractivity contribution in [3.63, 3.8) is 0 Å². The molecule has 3 rings (SSSR count). The first kappa shape index (κ1) is 20.2. The van der Waals surface area contributed by atoms with E-state index < -0.39 is 11.4 Å². The predicted molar refractivity (Wildman–Crippen MR) is 102 cm³/mol. The summed E-state index contributed by atoms with van der Waals surface area (Å²) in [6.45, 7) is 2.83. The number of halogens is 2. The molecular formula is C21H24F2N2O3. The number of carbonyl (C=O) groups excluding carboxylic acids is 1. The fraction of sp³-hybridized carbons (Fsp3) is 0.381. The Morgan fingerprint density at radius 1 is 1.25 bits per heavy atom. The summed E-state index contributed by atoms with van der Waals surface area (Å²) < 4.78 is 32.4. The van der Waals surface area contributed by atoms with Crippen LogP contribution in [0, 0.1) is 18.6 Å². The van der Waals surface area contributed by atoms with Crippen LogP contribution in [0.3, 0.4) is 0 Å². The van der Waals surface area contributed by atoms with Gasteiger partial charge in [0.05, 0.1) is 12.2 Å². The highest BCUT2D eigenvalue weighted by Gasteiger charge is 2.34. The highest BCUT2D eigenvalue weighted by molar-refractivity contribution is 5.92. The minimum atomic E-state index is -1.11. The molecule has 2 aromatic carbocycles. The Labute approximate surface area is 162 Å². The standard InChI is InChI=1S/C21H24F2N2O3/c1-15-3-8-18(23)19(11-15)24-20(26)12-25-10-2-9-21(27,13-25)14-28-17-6-4-16(22)5-7-17/h3-8,11,27H,2,9-10,12-14H2,1H3,(H,24,26). The minimum absolute atomic E-state index is 0.0449. The number of likely N-dealkylation sites (tertiary alicyclic amines) is 1. The summed E-state index contributed by atoms with van der Waals surface area (Å²) in [7, 11) is 0. The topological polar surface area (TPSA) is 61.8 Å². The van der Waals surface area contributed by atoms with E-state index in [-0.39, 0.29) is 37.1 Å². The number of hydrogen-bond donors (Lipinski definition) is 2. The molecule has 0 saturated carbocycles. The smallest absolute Gasteiger partial charge is 0.238 e. The number of β-amino-alcohol motifs (C(OH)–C–C–N with tert-alkyl or cyclic N) is 1. The molecule has 0 aliphatic carbocycles. The molecule has 5 nitrogen and oxygen atoms in total. The van der Waals surface area contributed by atoms with Gasteiger partial charge in [0.15, 0.2) is 0 Å². The van der Waals surface area contributed by atoms with Crippen LogP contribution in [-0.2, 0) is 4.79 Å². The molecule has 0 aromatic heterocycles. The van der Waals surface area contributed by atoms with E-state index >= 15 is 0 Å². The lowest BCUT2D eigenvalue weighted by Gasteiger charge is -2.38. The van der Waals surface area contributed by atoms with Crippen LogP contribution in [0.15, 0.2) is 42.5 Å². The number of ether oxygens (including phenoxy) is 1. The maximum Gasteiger partial charge on any atom is 0.238 e. The molecule has 2 aromatic rings. The Kier molecular flexibility index (Phi) is 6.26. The second kappa shape index (κ2) is 8.67. The second-order valence-electron chi connectivity index (χ2n) is 7.31. The highest BCUT2D eigenvalue weighted by Crippen LogP contribution is 2.23. The van der Waals surface area contributed by atoms with Gasteiger partial charge in [0.1, 0.15) is 29.6 Å². The maximum absolute atomic E-state index is 13.8. The van der Waals surface area contributed by atoms with Crippen LogP contribution < -0.4 is 10.1 Å². The van der Waals surface area contributed by atoms with Gasteiger partial charge < -0.3 is 15.2 Å². The Bertz CT molecular complexity index is 829. The Morgan fingerprint density at radius 2 is 2.00 bits per heavy atom. The van der Waals surface area contributed by atoms with E-state index in [1.54, 1.807) is 12.1 Å². The lowest BCUT2D eigenvalue weighted by Crippen LogP contribution is -2.53. The molecule has 1 atom stereocenters. The number of piperidine rings is 1. The van der Waals surface area contributed by atoms with Crippen molar-refractivity contribution in [3.05, 3.63) is 59.7 Å². The molecule has 2 N–H and O–H groups in total. The van der Waals surface area contributed by atoms with Crippen molar-refractivity contribution in [3.8, 4) is 5.75 Å². The first-order chi connectivity index (χ1) is 13.3. The molecule has 1 unspecified atom stereocenters. The van der Waals surface area contributed by atoms with Crippen molar-refractivity contribution in [2.45, 2.75) is 25.4 Å². The number of anilines is 1. The van der Waals surface area contributed by atoms with Crippen molar-refractivity contribution in [2.75, 3.05) is 31.6 Å². The Balaban J connectivity index is 1.54. The van der Waals surface area contributed by atoms with Gasteiger partial charge in [-0.1, -0.05) is 6.07 Å². The van der Waals surface area contributed by atoms with Crippen LogP contribution in [0.25, 0.3) is 0 Å². The van der Waals surface area contributed by atoms with E-state index in [1.165, 1.54) is 30.3 Å². The van der Waals surface area contributed by atoms with E-state index in [0.717, 1.165) is 5.56 Å². The summed E-state index contributed by atoms with van der Waals surface area (Å²) in [5, 5.41) is 13.4. The zero-order valence-electron chi connectivity index (χ0n) is 15.8. The van der Waals surface area contributed by atoms with Crippen LogP contribution >= 0.6 is 0 Å². The number of rotatable bonds is 6. The van der Waals surface area contributed by atoms with Crippen LogP contribution in [0.4, 0.5) is 14.5 Å². The highest BCUT2D eigenvalue weighted by atomic mass is 19.1. The molecule has 0 radical (unpaired) electrons. The molecule has 1 saturated heterocycles. The molecule has 1 fully saturated rings. The summed E-state index contributed by atoms with van der Waals surface area (Å²) >= 11 is 0. The minimum Gasteiger partial charge on any atom is -0.491 e. The number of benzene rings is 2. The molecule has 28 heavy (non-hydrogen) atoms. The average molecular weight is 390 g/mol. The molecule has 150 valence electrons. The Hall–Kier alpha value is -2.51. The number of carbonyl (C=O) groups is 1. The number of hydrogen-bond acceptors (Lipinski definition) is 4. The van der Waals surface area contributed by atoms with Crippen LogP contribution in [-0.4, -0.2) is 47.8 Å². The number of amides is 1. The van der Waals surface area contributed by atoms with Gasteiger partial charge >= 0.3 is 0 Å². The van der Waals surface area contributed by atoms with E-state index in [2.05, 4.69) is 5.32 Å². The zero-order chi connectivity index (χ0) is 20.1. The number of nitrogens with zero attached hydrogens (tertiary/aromatic N) is 1. The first-order valence-corrected chi connectivity index (χ1v) is 9.22. The molecule has 1 heterocycles. The van der Waals surface area contributed by atoms with Crippen molar-refractivity contribution in [1.82, 2.24) is 4.90 Å². The van der Waals surface area contributed by atoms with Crippen molar-refractivity contribution in [2.24, 2.45) is 0 Å². The van der Waals surface area contributed by atoms with Crippen LogP contribution in [0.1, 0.15) is 18.4 Å². The molecule has 0 spiro atoms. The second-order valence-corrected chi connectivity index (χ2v) is 7.31. The summed E-state index contributed by atoms with van der Waals surface area (Å²) in [5.74, 6) is -0.708. The fourth-order valence-electron chi connectivity index (χ4n) is 3.34. The lowest BCUT2D eigenvalue weighted by atomic mass is 9.93. The van der Waals surface area contributed by atoms with Gasteiger partial charge in [-0.25, -0.2) is 8.78 Å². The average Bonchev–Trinajstić information content (AvgIpc) is 2.64. The number of aryl methyl sites for hydroxylation is 1. The van der Waals surface area contributed by atoms with Gasteiger partial charge in [0.2, 0.25) is 5.91 Å². The summed E-state index contributed by atoms with van der Waals surface area (Å²) in [6.07, 6.45) is 1.24. The third-order valence-corrected chi connectivity index (χ3v) is 4.72. The SMILES string of the molecule is Cc1ccc(F)c(NC(=O)CN2CCCC(O)(COc3ccc(F)cc3)C2)c1. The Morgan fingerprint density at radius 3 is 2.75 bits per heavy atom. The van der Waals surface area contributed by atoms with Gasteiger partial charge in [0, 0.05) is 6.54 Å². The molecule has 7 heteroatoms. The number of nitrogens with one attached hydrogen (secondary N) is 1. The van der Waals surface area contributed by atoms with E-state index in [0.29, 0.717) is 25.1 Å². The zero-order valence-corrected chi connectivity index (χ0v) is 15.8. The van der Waals surface area contributed by atoms with Gasteiger partial charge in [-0.05, 0) is 68.3 Å². The van der Waals surface area contributed by atoms with E-state index in [9.17, 15) is 18.7 Å². The van der Waals surface area contributed by atoms with Gasteiger partial charge in [-0.3, -0.25) is 9.69 Å². The van der Waals surface area contributed by atoms with Gasteiger partial charge in [-0.15, -0.1) is 0 Å². The molecule has 1 aliphatic heterocycles. The largest absolute Gasteiger partial charge is 0.491 e. The first-order valence-electron chi connectivity index (χ1n) is 9.22. The summed E-state index contributed by atoms with van der Waals surface area (Å²) in [6, 6.07) is 10.1. The third-order valence-electron chi connectivity index (χ3n) is 4.72. The normalized spacial score (nSPS) is 20.0. The van der Waals surface area contributed by atoms with E-state index in [4.69, 9.17) is 4.74 Å². The maximum atomic E-state index is 13.8. The predicted octanol–water partition coefficient (Wildman–Crippen LogP) is 3.12. The molecular weight excluding hydrogens is 366 g/mol. The molecule has 0 bridgehead atoms. The quantitative estimate of drug-likeness (QED) is 0.796.